The zero-order chi connectivity index (χ0) is 15.9. The molecule has 0 radical (unpaired) electrons. The largest absolute Gasteiger partial charge is 0.326 e. The summed E-state index contributed by atoms with van der Waals surface area (Å²) in [6.45, 7) is 2.07. The maximum atomic E-state index is 12.8. The van der Waals surface area contributed by atoms with Crippen LogP contribution >= 0.6 is 23.5 Å². The molecule has 2 saturated carbocycles. The van der Waals surface area contributed by atoms with E-state index in [4.69, 9.17) is 0 Å². The number of thioether (sulfide) groups is 2. The molecule has 4 heteroatoms. The number of hydrogen-bond donors (Lipinski definition) is 1. The molecular weight excluding hydrogens is 322 g/mol. The summed E-state index contributed by atoms with van der Waals surface area (Å²) in [5, 5.41) is 3.17. The number of carbonyl (C=O) groups excluding carboxylic acids is 1. The first-order valence-corrected chi connectivity index (χ1v) is 10.8. The number of aryl methyl sites for hydroxylation is 1. The van der Waals surface area contributed by atoms with Gasteiger partial charge in [0.25, 0.3) is 0 Å². The third-order valence-electron chi connectivity index (χ3n) is 5.78. The zero-order valence-corrected chi connectivity index (χ0v) is 15.3. The summed E-state index contributed by atoms with van der Waals surface area (Å²) in [6.07, 6.45) is 6.20. The predicted octanol–water partition coefficient (Wildman–Crippen LogP) is 4.94. The van der Waals surface area contributed by atoms with Crippen molar-refractivity contribution in [3.05, 3.63) is 29.8 Å². The molecule has 1 aromatic rings. The Morgan fingerprint density at radius 1 is 1.17 bits per heavy atom. The summed E-state index contributed by atoms with van der Waals surface area (Å²) >= 11 is 4.42. The van der Waals surface area contributed by atoms with Gasteiger partial charge in [0.2, 0.25) is 5.91 Å². The lowest BCUT2D eigenvalue weighted by Crippen LogP contribution is -2.48. The lowest BCUT2D eigenvalue weighted by molar-refractivity contribution is -0.122. The van der Waals surface area contributed by atoms with Crippen LogP contribution in [0.15, 0.2) is 24.3 Å². The highest BCUT2D eigenvalue weighted by atomic mass is 32.2. The van der Waals surface area contributed by atoms with Crippen LogP contribution in [0.1, 0.15) is 37.7 Å². The summed E-state index contributed by atoms with van der Waals surface area (Å²) in [5.41, 5.74) is 2.14. The Hall–Kier alpha value is -0.610. The Bertz CT molecular complexity index is 581. The van der Waals surface area contributed by atoms with E-state index in [2.05, 4.69) is 47.9 Å². The van der Waals surface area contributed by atoms with Crippen molar-refractivity contribution in [2.75, 3.05) is 16.8 Å². The Morgan fingerprint density at radius 3 is 2.52 bits per heavy atom. The highest BCUT2D eigenvalue weighted by molar-refractivity contribution is 8.21. The topological polar surface area (TPSA) is 29.1 Å². The van der Waals surface area contributed by atoms with Gasteiger partial charge < -0.3 is 5.32 Å². The van der Waals surface area contributed by atoms with Crippen molar-refractivity contribution in [3.8, 4) is 0 Å². The number of hydrogen-bond acceptors (Lipinski definition) is 3. The van der Waals surface area contributed by atoms with E-state index in [0.717, 1.165) is 30.4 Å². The molecule has 124 valence electrons. The van der Waals surface area contributed by atoms with Gasteiger partial charge in [-0.25, -0.2) is 0 Å². The molecule has 1 aliphatic heterocycles. The van der Waals surface area contributed by atoms with Crippen molar-refractivity contribution in [1.82, 2.24) is 0 Å². The molecule has 2 unspecified atom stereocenters. The van der Waals surface area contributed by atoms with E-state index in [0.29, 0.717) is 4.08 Å². The number of carbonyl (C=O) groups is 1. The molecule has 2 nitrogen and oxygen atoms in total. The molecule has 23 heavy (non-hydrogen) atoms. The number of nitrogens with one attached hydrogen (secondary N) is 1. The molecule has 1 saturated heterocycles. The van der Waals surface area contributed by atoms with E-state index in [1.54, 1.807) is 0 Å². The van der Waals surface area contributed by atoms with Crippen LogP contribution in [-0.2, 0) is 4.79 Å². The SMILES string of the molecule is Cc1cccc(NC(=O)C2CC3CCCC(C2)C32SCCS2)c1. The van der Waals surface area contributed by atoms with Crippen LogP contribution < -0.4 is 5.32 Å². The van der Waals surface area contributed by atoms with Gasteiger partial charge in [0, 0.05) is 23.1 Å². The normalized spacial score (nSPS) is 32.0. The van der Waals surface area contributed by atoms with Crippen LogP contribution in [0.3, 0.4) is 0 Å². The Morgan fingerprint density at radius 2 is 1.87 bits per heavy atom. The van der Waals surface area contributed by atoms with E-state index in [-0.39, 0.29) is 11.8 Å². The van der Waals surface area contributed by atoms with Crippen molar-refractivity contribution in [3.63, 3.8) is 0 Å². The minimum absolute atomic E-state index is 0.207. The molecule has 3 aliphatic rings. The summed E-state index contributed by atoms with van der Waals surface area (Å²) in [5.74, 6) is 4.53. The van der Waals surface area contributed by atoms with Gasteiger partial charge >= 0.3 is 0 Å². The second-order valence-corrected chi connectivity index (χ2v) is 10.3. The first-order chi connectivity index (χ1) is 11.2. The zero-order valence-electron chi connectivity index (χ0n) is 13.7. The third-order valence-corrected chi connectivity index (χ3v) is 9.79. The standard InChI is InChI=1S/C19H25NOS2/c1-13-4-2-7-17(10-13)20-18(21)14-11-15-5-3-6-16(12-14)19(15)22-8-9-23-19/h2,4,7,10,14-16H,3,5-6,8-9,11-12H2,1H3,(H,20,21). The second kappa shape index (κ2) is 6.36. The maximum absolute atomic E-state index is 12.8. The lowest BCUT2D eigenvalue weighted by atomic mass is 9.67. The maximum Gasteiger partial charge on any atom is 0.227 e. The molecule has 1 heterocycles. The van der Waals surface area contributed by atoms with Gasteiger partial charge in [-0.1, -0.05) is 18.6 Å². The highest BCUT2D eigenvalue weighted by Crippen LogP contribution is 2.64. The molecule has 1 spiro atoms. The van der Waals surface area contributed by atoms with Crippen molar-refractivity contribution < 1.29 is 4.79 Å². The molecule has 0 aromatic heterocycles. The van der Waals surface area contributed by atoms with Gasteiger partial charge in [-0.05, 0) is 62.1 Å². The molecule has 3 fully saturated rings. The minimum Gasteiger partial charge on any atom is -0.326 e. The molecule has 2 bridgehead atoms. The average molecular weight is 348 g/mol. The molecule has 1 N–H and O–H groups in total. The molecule has 2 aliphatic carbocycles. The summed E-state index contributed by atoms with van der Waals surface area (Å²) in [6, 6.07) is 8.14. The number of benzene rings is 1. The highest BCUT2D eigenvalue weighted by Gasteiger charge is 2.55. The Kier molecular flexibility index (Phi) is 4.39. The van der Waals surface area contributed by atoms with E-state index < -0.39 is 0 Å². The van der Waals surface area contributed by atoms with Gasteiger partial charge in [-0.3, -0.25) is 4.79 Å². The van der Waals surface area contributed by atoms with E-state index in [9.17, 15) is 4.79 Å². The molecular formula is C19H25NOS2. The van der Waals surface area contributed by atoms with Crippen LogP contribution in [0.25, 0.3) is 0 Å². The van der Waals surface area contributed by atoms with Crippen molar-refractivity contribution in [2.45, 2.75) is 43.1 Å². The molecule has 2 atom stereocenters. The quantitative estimate of drug-likeness (QED) is 0.822. The minimum atomic E-state index is 0.207. The van der Waals surface area contributed by atoms with Crippen molar-refractivity contribution in [1.29, 1.82) is 0 Å². The van der Waals surface area contributed by atoms with Crippen LogP contribution in [0.2, 0.25) is 0 Å². The summed E-state index contributed by atoms with van der Waals surface area (Å²) in [4.78, 5) is 12.8. The van der Waals surface area contributed by atoms with E-state index in [1.165, 1.54) is 36.3 Å². The van der Waals surface area contributed by atoms with Gasteiger partial charge in [-0.15, -0.1) is 23.5 Å². The van der Waals surface area contributed by atoms with Gasteiger partial charge in [0.15, 0.2) is 0 Å². The second-order valence-electron chi connectivity index (χ2n) is 7.27. The predicted molar refractivity (Wildman–Crippen MR) is 101 cm³/mol. The van der Waals surface area contributed by atoms with Crippen molar-refractivity contribution >= 4 is 35.1 Å². The van der Waals surface area contributed by atoms with Crippen LogP contribution in [-0.4, -0.2) is 21.5 Å². The first kappa shape index (κ1) is 15.9. The summed E-state index contributed by atoms with van der Waals surface area (Å²) in [7, 11) is 0. The average Bonchev–Trinajstić information content (AvgIpc) is 2.96. The summed E-state index contributed by atoms with van der Waals surface area (Å²) < 4.78 is 0.457. The van der Waals surface area contributed by atoms with E-state index >= 15 is 0 Å². The molecule has 1 amide bonds. The molecule has 1 aromatic carbocycles. The first-order valence-electron chi connectivity index (χ1n) is 8.83. The molecule has 4 rings (SSSR count). The Balaban J connectivity index is 1.48. The van der Waals surface area contributed by atoms with Crippen LogP contribution in [0, 0.1) is 24.7 Å². The fourth-order valence-electron chi connectivity index (χ4n) is 4.79. The van der Waals surface area contributed by atoms with Crippen molar-refractivity contribution in [2.24, 2.45) is 17.8 Å². The van der Waals surface area contributed by atoms with Crippen LogP contribution in [0.5, 0.6) is 0 Å². The number of anilines is 1. The van der Waals surface area contributed by atoms with Gasteiger partial charge in [-0.2, -0.15) is 0 Å². The third kappa shape index (κ3) is 2.93. The van der Waals surface area contributed by atoms with E-state index in [1.807, 2.05) is 12.1 Å². The van der Waals surface area contributed by atoms with Gasteiger partial charge in [0.1, 0.15) is 0 Å². The number of rotatable bonds is 2. The van der Waals surface area contributed by atoms with Gasteiger partial charge in [0.05, 0.1) is 4.08 Å². The van der Waals surface area contributed by atoms with Crippen LogP contribution in [0.4, 0.5) is 5.69 Å². The number of amides is 1. The lowest BCUT2D eigenvalue weighted by Gasteiger charge is -2.52. The smallest absolute Gasteiger partial charge is 0.227 e. The monoisotopic (exact) mass is 347 g/mol. The fraction of sp³-hybridized carbons (Fsp3) is 0.632. The Labute approximate surface area is 147 Å². The fourth-order valence-corrected chi connectivity index (χ4v) is 8.73.